The molecular formula is C17H27N3O. The van der Waals surface area contributed by atoms with Crippen molar-refractivity contribution in [2.75, 3.05) is 19.0 Å². The maximum Gasteiger partial charge on any atom is 0.213 e. The van der Waals surface area contributed by atoms with Crippen molar-refractivity contribution in [3.05, 3.63) is 18.3 Å². The molecule has 2 aliphatic rings. The van der Waals surface area contributed by atoms with Gasteiger partial charge in [-0.25, -0.2) is 4.98 Å². The van der Waals surface area contributed by atoms with Crippen LogP contribution >= 0.6 is 0 Å². The summed E-state index contributed by atoms with van der Waals surface area (Å²) in [7, 11) is 1.65. The molecule has 0 aromatic carbocycles. The molecule has 1 aromatic heterocycles. The van der Waals surface area contributed by atoms with Crippen LogP contribution in [-0.4, -0.2) is 30.7 Å². The van der Waals surface area contributed by atoms with Gasteiger partial charge in [0.05, 0.1) is 19.0 Å². The summed E-state index contributed by atoms with van der Waals surface area (Å²) in [5.74, 6) is 1.43. The fraction of sp³-hybridized carbons (Fsp3) is 0.706. The first-order chi connectivity index (χ1) is 10.4. The number of hydrogen-bond donors (Lipinski definition) is 2. The zero-order chi connectivity index (χ0) is 14.5. The number of anilines is 1. The lowest BCUT2D eigenvalue weighted by molar-refractivity contribution is 0.217. The van der Waals surface area contributed by atoms with E-state index in [4.69, 9.17) is 4.74 Å². The van der Waals surface area contributed by atoms with E-state index in [1.807, 2.05) is 12.3 Å². The van der Waals surface area contributed by atoms with Gasteiger partial charge in [-0.05, 0) is 44.2 Å². The summed E-state index contributed by atoms with van der Waals surface area (Å²) in [6.45, 7) is 1.19. The molecule has 3 atom stereocenters. The highest BCUT2D eigenvalue weighted by Gasteiger charge is 2.32. The molecule has 1 saturated carbocycles. The zero-order valence-electron chi connectivity index (χ0n) is 13.0. The molecule has 0 spiro atoms. The molecule has 116 valence electrons. The van der Waals surface area contributed by atoms with E-state index < -0.39 is 0 Å². The lowest BCUT2D eigenvalue weighted by Crippen LogP contribution is -2.48. The number of ether oxygens (including phenoxy) is 1. The van der Waals surface area contributed by atoms with Crippen LogP contribution in [0.5, 0.6) is 5.88 Å². The monoisotopic (exact) mass is 289 g/mol. The van der Waals surface area contributed by atoms with Crippen LogP contribution in [0.2, 0.25) is 0 Å². The average molecular weight is 289 g/mol. The van der Waals surface area contributed by atoms with Gasteiger partial charge in [-0.1, -0.05) is 19.3 Å². The van der Waals surface area contributed by atoms with Crippen molar-refractivity contribution in [1.82, 2.24) is 10.3 Å². The summed E-state index contributed by atoms with van der Waals surface area (Å²) < 4.78 is 5.13. The molecule has 21 heavy (non-hydrogen) atoms. The second-order valence-electron chi connectivity index (χ2n) is 6.34. The first-order valence-electron chi connectivity index (χ1n) is 8.37. The van der Waals surface area contributed by atoms with Crippen molar-refractivity contribution in [2.24, 2.45) is 5.92 Å². The normalized spacial score (nSPS) is 29.9. The van der Waals surface area contributed by atoms with Crippen LogP contribution in [-0.2, 0) is 0 Å². The molecule has 0 radical (unpaired) electrons. The number of methoxy groups -OCH3 is 1. The predicted octanol–water partition coefficient (Wildman–Crippen LogP) is 3.20. The summed E-state index contributed by atoms with van der Waals surface area (Å²) >= 11 is 0. The molecular weight excluding hydrogens is 262 g/mol. The van der Waals surface area contributed by atoms with Gasteiger partial charge in [0.15, 0.2) is 0 Å². The minimum absolute atomic E-state index is 0.574. The van der Waals surface area contributed by atoms with Gasteiger partial charge in [0.1, 0.15) is 0 Å². The zero-order valence-corrected chi connectivity index (χ0v) is 13.0. The van der Waals surface area contributed by atoms with Crippen molar-refractivity contribution in [3.63, 3.8) is 0 Å². The maximum absolute atomic E-state index is 5.13. The number of nitrogens with one attached hydrogen (secondary N) is 2. The lowest BCUT2D eigenvalue weighted by atomic mass is 9.77. The van der Waals surface area contributed by atoms with E-state index in [1.54, 1.807) is 7.11 Å². The molecule has 1 aliphatic heterocycles. The SMILES string of the molecule is COc1ccc(NC2CCCCC2C2CCCCN2)cn1. The minimum Gasteiger partial charge on any atom is -0.481 e. The Morgan fingerprint density at radius 1 is 1.14 bits per heavy atom. The van der Waals surface area contributed by atoms with Gasteiger partial charge in [0.25, 0.3) is 0 Å². The van der Waals surface area contributed by atoms with Gasteiger partial charge in [-0.15, -0.1) is 0 Å². The van der Waals surface area contributed by atoms with Gasteiger partial charge in [0, 0.05) is 18.2 Å². The molecule has 0 amide bonds. The number of piperidine rings is 1. The molecule has 3 rings (SSSR count). The van der Waals surface area contributed by atoms with Crippen LogP contribution in [0.25, 0.3) is 0 Å². The summed E-state index contributed by atoms with van der Waals surface area (Å²) in [4.78, 5) is 4.30. The van der Waals surface area contributed by atoms with Crippen molar-refractivity contribution >= 4 is 5.69 Å². The van der Waals surface area contributed by atoms with Crippen LogP contribution in [0.4, 0.5) is 5.69 Å². The van der Waals surface area contributed by atoms with Crippen LogP contribution < -0.4 is 15.4 Å². The fourth-order valence-electron chi connectivity index (χ4n) is 3.87. The standard InChI is InChI=1S/C17H27N3O/c1-21-17-10-9-13(12-19-17)20-16-8-3-2-6-14(16)15-7-4-5-11-18-15/h9-10,12,14-16,18,20H,2-8,11H2,1H3. The Hall–Kier alpha value is -1.29. The molecule has 2 N–H and O–H groups in total. The minimum atomic E-state index is 0.574. The van der Waals surface area contributed by atoms with E-state index in [-0.39, 0.29) is 0 Å². The topological polar surface area (TPSA) is 46.2 Å². The Bertz CT molecular complexity index is 428. The summed E-state index contributed by atoms with van der Waals surface area (Å²) in [6.07, 6.45) is 11.3. The summed E-state index contributed by atoms with van der Waals surface area (Å²) in [5.41, 5.74) is 1.11. The van der Waals surface area contributed by atoms with E-state index in [1.165, 1.54) is 51.5 Å². The average Bonchev–Trinajstić information content (AvgIpc) is 2.57. The number of hydrogen-bond acceptors (Lipinski definition) is 4. The Morgan fingerprint density at radius 2 is 2.00 bits per heavy atom. The van der Waals surface area contributed by atoms with Gasteiger partial charge >= 0.3 is 0 Å². The fourth-order valence-corrected chi connectivity index (χ4v) is 3.87. The van der Waals surface area contributed by atoms with Crippen LogP contribution in [0, 0.1) is 5.92 Å². The third-order valence-corrected chi connectivity index (χ3v) is 4.98. The Morgan fingerprint density at radius 3 is 2.71 bits per heavy atom. The predicted molar refractivity (Wildman–Crippen MR) is 85.8 cm³/mol. The highest BCUT2D eigenvalue weighted by atomic mass is 16.5. The molecule has 4 heteroatoms. The van der Waals surface area contributed by atoms with E-state index in [0.717, 1.165) is 11.6 Å². The third kappa shape index (κ3) is 3.67. The molecule has 2 heterocycles. The quantitative estimate of drug-likeness (QED) is 0.893. The van der Waals surface area contributed by atoms with E-state index in [0.29, 0.717) is 18.0 Å². The van der Waals surface area contributed by atoms with Crippen molar-refractivity contribution in [1.29, 1.82) is 0 Å². The van der Waals surface area contributed by atoms with Gasteiger partial charge in [-0.3, -0.25) is 0 Å². The number of aromatic nitrogens is 1. The summed E-state index contributed by atoms with van der Waals surface area (Å²) in [6, 6.07) is 5.28. The first kappa shape index (κ1) is 14.6. The van der Waals surface area contributed by atoms with Crippen LogP contribution in [0.1, 0.15) is 44.9 Å². The highest BCUT2D eigenvalue weighted by Crippen LogP contribution is 2.32. The molecule has 1 aliphatic carbocycles. The highest BCUT2D eigenvalue weighted by molar-refractivity contribution is 5.43. The molecule has 2 fully saturated rings. The van der Waals surface area contributed by atoms with Crippen molar-refractivity contribution in [2.45, 2.75) is 57.0 Å². The van der Waals surface area contributed by atoms with E-state index >= 15 is 0 Å². The number of nitrogens with zero attached hydrogens (tertiary/aromatic N) is 1. The van der Waals surface area contributed by atoms with E-state index in [2.05, 4.69) is 21.7 Å². The van der Waals surface area contributed by atoms with Crippen LogP contribution in [0.15, 0.2) is 18.3 Å². The van der Waals surface area contributed by atoms with E-state index in [9.17, 15) is 0 Å². The number of pyridine rings is 1. The Labute approximate surface area is 127 Å². The van der Waals surface area contributed by atoms with Gasteiger partial charge in [-0.2, -0.15) is 0 Å². The molecule has 4 nitrogen and oxygen atoms in total. The molecule has 1 aromatic rings. The summed E-state index contributed by atoms with van der Waals surface area (Å²) in [5, 5.41) is 7.47. The Balaban J connectivity index is 1.65. The van der Waals surface area contributed by atoms with Crippen molar-refractivity contribution in [3.8, 4) is 5.88 Å². The van der Waals surface area contributed by atoms with Gasteiger partial charge in [0.2, 0.25) is 5.88 Å². The lowest BCUT2D eigenvalue weighted by Gasteiger charge is -2.40. The number of rotatable bonds is 4. The molecule has 0 bridgehead atoms. The first-order valence-corrected chi connectivity index (χ1v) is 8.37. The van der Waals surface area contributed by atoms with Gasteiger partial charge < -0.3 is 15.4 Å². The third-order valence-electron chi connectivity index (χ3n) is 4.98. The smallest absolute Gasteiger partial charge is 0.213 e. The maximum atomic E-state index is 5.13. The van der Waals surface area contributed by atoms with Crippen LogP contribution in [0.3, 0.4) is 0 Å². The second-order valence-corrected chi connectivity index (χ2v) is 6.34. The molecule has 1 saturated heterocycles. The molecule has 3 unspecified atom stereocenters. The second kappa shape index (κ2) is 7.12. The largest absolute Gasteiger partial charge is 0.481 e. The van der Waals surface area contributed by atoms with Crippen molar-refractivity contribution < 1.29 is 4.74 Å². The Kier molecular flexibility index (Phi) is 4.96.